The van der Waals surface area contributed by atoms with Crippen molar-refractivity contribution in [3.05, 3.63) is 72.3 Å². The molecule has 2 aromatic rings. The highest BCUT2D eigenvalue weighted by Gasteiger charge is 2.01. The smallest absolute Gasteiger partial charge is 0.134 e. The molecule has 0 saturated carbocycles. The van der Waals surface area contributed by atoms with E-state index < -0.39 is 0 Å². The molecule has 0 aliphatic carbocycles. The molecule has 0 bridgehead atoms. The fraction of sp³-hybridized carbons (Fsp3) is 0.0588. The number of hydrogen-bond acceptors (Lipinski definition) is 1. The molecule has 1 heteroatoms. The predicted octanol–water partition coefficient (Wildman–Crippen LogP) is 5.16. The van der Waals surface area contributed by atoms with Gasteiger partial charge in [0.2, 0.25) is 0 Å². The van der Waals surface area contributed by atoms with E-state index in [-0.39, 0.29) is 0 Å². The van der Waals surface area contributed by atoms with Gasteiger partial charge in [0.15, 0.2) is 0 Å². The van der Waals surface area contributed by atoms with E-state index in [0.717, 1.165) is 22.6 Å². The molecule has 0 amide bonds. The summed E-state index contributed by atoms with van der Waals surface area (Å²) in [6.07, 6.45) is 5.86. The third-order valence-electron chi connectivity index (χ3n) is 2.61. The van der Waals surface area contributed by atoms with Crippen LogP contribution in [0.25, 0.3) is 12.2 Å². The lowest BCUT2D eigenvalue weighted by atomic mass is 10.2. The van der Waals surface area contributed by atoms with Crippen molar-refractivity contribution in [2.24, 2.45) is 0 Å². The van der Waals surface area contributed by atoms with Crippen LogP contribution in [0.2, 0.25) is 0 Å². The molecule has 18 heavy (non-hydrogen) atoms. The number of allylic oxidation sites excluding steroid dienone is 1. The maximum Gasteiger partial charge on any atom is 0.134 e. The molecule has 2 rings (SSSR count). The van der Waals surface area contributed by atoms with Crippen molar-refractivity contribution in [2.45, 2.75) is 6.92 Å². The summed E-state index contributed by atoms with van der Waals surface area (Å²) >= 11 is 0. The van der Waals surface area contributed by atoms with Crippen molar-refractivity contribution in [3.8, 4) is 11.5 Å². The SMILES string of the molecule is C=Cc1ccc(Oc2ccccc2/C=C/C)cc1. The molecule has 0 aliphatic rings. The molecule has 0 spiro atoms. The monoisotopic (exact) mass is 236 g/mol. The number of rotatable bonds is 4. The molecule has 0 fully saturated rings. The first-order valence-corrected chi connectivity index (χ1v) is 5.95. The predicted molar refractivity (Wildman–Crippen MR) is 77.8 cm³/mol. The van der Waals surface area contributed by atoms with Gasteiger partial charge in [0.1, 0.15) is 11.5 Å². The number of benzene rings is 2. The lowest BCUT2D eigenvalue weighted by molar-refractivity contribution is 0.481. The van der Waals surface area contributed by atoms with E-state index in [1.807, 2.05) is 73.7 Å². The van der Waals surface area contributed by atoms with Gasteiger partial charge in [-0.2, -0.15) is 0 Å². The molecular formula is C17H16O. The molecule has 0 radical (unpaired) electrons. The summed E-state index contributed by atoms with van der Waals surface area (Å²) in [6, 6.07) is 15.8. The van der Waals surface area contributed by atoms with Crippen molar-refractivity contribution in [2.75, 3.05) is 0 Å². The zero-order valence-corrected chi connectivity index (χ0v) is 10.5. The summed E-state index contributed by atoms with van der Waals surface area (Å²) in [5, 5.41) is 0. The van der Waals surface area contributed by atoms with Crippen molar-refractivity contribution in [1.29, 1.82) is 0 Å². The number of para-hydroxylation sites is 1. The standard InChI is InChI=1S/C17H16O/c1-3-7-15-8-5-6-9-17(15)18-16-12-10-14(4-2)11-13-16/h3-13H,2H2,1H3/b7-3+. The second-order valence-electron chi connectivity index (χ2n) is 3.91. The molecule has 0 heterocycles. The highest BCUT2D eigenvalue weighted by atomic mass is 16.5. The molecule has 0 atom stereocenters. The Bertz CT molecular complexity index is 550. The van der Waals surface area contributed by atoms with Gasteiger partial charge < -0.3 is 4.74 Å². The Morgan fingerprint density at radius 1 is 1.00 bits per heavy atom. The highest BCUT2D eigenvalue weighted by molar-refractivity contribution is 5.58. The summed E-state index contributed by atoms with van der Waals surface area (Å²) in [5.74, 6) is 1.69. The lowest BCUT2D eigenvalue weighted by Gasteiger charge is -2.08. The third kappa shape index (κ3) is 2.89. The molecule has 2 aromatic carbocycles. The van der Waals surface area contributed by atoms with Gasteiger partial charge in [-0.25, -0.2) is 0 Å². The van der Waals surface area contributed by atoms with Gasteiger partial charge in [-0.15, -0.1) is 0 Å². The van der Waals surface area contributed by atoms with Crippen LogP contribution < -0.4 is 4.74 Å². The van der Waals surface area contributed by atoms with Gasteiger partial charge >= 0.3 is 0 Å². The molecule has 0 aromatic heterocycles. The maximum atomic E-state index is 5.88. The van der Waals surface area contributed by atoms with Gasteiger partial charge in [-0.05, 0) is 30.7 Å². The van der Waals surface area contributed by atoms with Crippen LogP contribution in [0.15, 0.2) is 61.2 Å². The summed E-state index contributed by atoms with van der Waals surface area (Å²) in [5.41, 5.74) is 2.16. The highest BCUT2D eigenvalue weighted by Crippen LogP contribution is 2.26. The zero-order chi connectivity index (χ0) is 12.8. The number of ether oxygens (including phenoxy) is 1. The fourth-order valence-electron chi connectivity index (χ4n) is 1.69. The first-order chi connectivity index (χ1) is 8.83. The number of hydrogen-bond donors (Lipinski definition) is 0. The van der Waals surface area contributed by atoms with Gasteiger partial charge in [0.05, 0.1) is 0 Å². The van der Waals surface area contributed by atoms with Crippen LogP contribution in [0.1, 0.15) is 18.1 Å². The zero-order valence-electron chi connectivity index (χ0n) is 10.5. The van der Waals surface area contributed by atoms with Crippen LogP contribution in [0.4, 0.5) is 0 Å². The Morgan fingerprint density at radius 2 is 1.72 bits per heavy atom. The minimum absolute atomic E-state index is 0.831. The summed E-state index contributed by atoms with van der Waals surface area (Å²) in [6.45, 7) is 5.73. The summed E-state index contributed by atoms with van der Waals surface area (Å²) < 4.78 is 5.88. The van der Waals surface area contributed by atoms with Crippen LogP contribution in [0.5, 0.6) is 11.5 Å². The molecule has 0 aliphatic heterocycles. The minimum Gasteiger partial charge on any atom is -0.457 e. The summed E-state index contributed by atoms with van der Waals surface area (Å²) in [7, 11) is 0. The van der Waals surface area contributed by atoms with E-state index in [1.165, 1.54) is 0 Å². The Hall–Kier alpha value is -2.28. The Kier molecular flexibility index (Phi) is 3.98. The van der Waals surface area contributed by atoms with E-state index >= 15 is 0 Å². The quantitative estimate of drug-likeness (QED) is 0.712. The van der Waals surface area contributed by atoms with E-state index in [2.05, 4.69) is 6.58 Å². The molecule has 0 saturated heterocycles. The normalized spacial score (nSPS) is 10.5. The average Bonchev–Trinajstić information content (AvgIpc) is 2.42. The first kappa shape index (κ1) is 12.2. The molecular weight excluding hydrogens is 220 g/mol. The van der Waals surface area contributed by atoms with Gasteiger partial charge in [0, 0.05) is 5.56 Å². The fourth-order valence-corrected chi connectivity index (χ4v) is 1.69. The van der Waals surface area contributed by atoms with E-state index in [9.17, 15) is 0 Å². The molecule has 1 nitrogen and oxygen atoms in total. The van der Waals surface area contributed by atoms with Gasteiger partial charge in [-0.1, -0.05) is 55.1 Å². The van der Waals surface area contributed by atoms with Crippen LogP contribution >= 0.6 is 0 Å². The maximum absolute atomic E-state index is 5.88. The second kappa shape index (κ2) is 5.87. The van der Waals surface area contributed by atoms with Gasteiger partial charge in [0.25, 0.3) is 0 Å². The Balaban J connectivity index is 2.24. The Labute approximate surface area is 108 Å². The molecule has 90 valence electrons. The van der Waals surface area contributed by atoms with Gasteiger partial charge in [-0.3, -0.25) is 0 Å². The Morgan fingerprint density at radius 3 is 2.39 bits per heavy atom. The van der Waals surface area contributed by atoms with E-state index in [1.54, 1.807) is 0 Å². The van der Waals surface area contributed by atoms with Crippen molar-refractivity contribution >= 4 is 12.2 Å². The van der Waals surface area contributed by atoms with E-state index in [0.29, 0.717) is 0 Å². The minimum atomic E-state index is 0.831. The van der Waals surface area contributed by atoms with Crippen molar-refractivity contribution < 1.29 is 4.74 Å². The van der Waals surface area contributed by atoms with Crippen LogP contribution in [0, 0.1) is 0 Å². The summed E-state index contributed by atoms with van der Waals surface area (Å²) in [4.78, 5) is 0. The first-order valence-electron chi connectivity index (χ1n) is 5.95. The third-order valence-corrected chi connectivity index (χ3v) is 2.61. The van der Waals surface area contributed by atoms with Crippen molar-refractivity contribution in [1.82, 2.24) is 0 Å². The largest absolute Gasteiger partial charge is 0.457 e. The molecule has 0 unspecified atom stereocenters. The van der Waals surface area contributed by atoms with E-state index in [4.69, 9.17) is 4.74 Å². The second-order valence-corrected chi connectivity index (χ2v) is 3.91. The van der Waals surface area contributed by atoms with Crippen LogP contribution in [-0.2, 0) is 0 Å². The average molecular weight is 236 g/mol. The topological polar surface area (TPSA) is 9.23 Å². The molecule has 0 N–H and O–H groups in total. The lowest BCUT2D eigenvalue weighted by Crippen LogP contribution is -1.87. The van der Waals surface area contributed by atoms with Crippen LogP contribution in [0.3, 0.4) is 0 Å². The van der Waals surface area contributed by atoms with Crippen molar-refractivity contribution in [3.63, 3.8) is 0 Å². The van der Waals surface area contributed by atoms with Crippen LogP contribution in [-0.4, -0.2) is 0 Å².